The highest BCUT2D eigenvalue weighted by Gasteiger charge is 2.59. The number of hydrogen-bond donors (Lipinski definition) is 1. The van der Waals surface area contributed by atoms with E-state index >= 15 is 0 Å². The molecule has 2 fully saturated rings. The van der Waals surface area contributed by atoms with Gasteiger partial charge >= 0.3 is 6.09 Å². The molecule has 2 heterocycles. The van der Waals surface area contributed by atoms with Crippen molar-refractivity contribution in [1.82, 2.24) is 9.80 Å². The summed E-state index contributed by atoms with van der Waals surface area (Å²) in [5.74, 6) is -3.46. The third-order valence-electron chi connectivity index (χ3n) is 5.94. The second-order valence-electron chi connectivity index (χ2n) is 9.46. The number of rotatable bonds is 2. The quantitative estimate of drug-likeness (QED) is 0.648. The van der Waals surface area contributed by atoms with Crippen LogP contribution in [0.2, 0.25) is 10.0 Å². The molecule has 3 amide bonds. The van der Waals surface area contributed by atoms with Crippen molar-refractivity contribution in [3.63, 3.8) is 0 Å². The Bertz CT molecular complexity index is 977. The predicted octanol–water partition coefficient (Wildman–Crippen LogP) is 3.60. The second kappa shape index (κ2) is 8.56. The SMILES string of the molecule is CN1C(=O)C(C(=O)Nc2cccc(Cl)c2Cl)C(=O)[C@@]2(C)CN(C(=O)OC(C)(C)C)CC[C@H]12. The monoisotopic (exact) mass is 483 g/mol. The van der Waals surface area contributed by atoms with Crippen LogP contribution in [0.3, 0.4) is 0 Å². The molecule has 0 radical (unpaired) electrons. The molecule has 1 aromatic carbocycles. The Hall–Kier alpha value is -2.32. The standard InChI is InChI=1S/C22H27Cl2N3O5/c1-21(2,3)32-20(31)27-10-9-14-22(4,11-27)17(28)15(19(30)26(14)5)18(29)25-13-8-6-7-12(23)16(13)24/h6-8,14-15H,9-11H2,1-5H3,(H,25,29)/t14-,15?,22-/m0/s1. The lowest BCUT2D eigenvalue weighted by atomic mass is 9.66. The van der Waals surface area contributed by atoms with Gasteiger partial charge in [-0.1, -0.05) is 29.3 Å². The number of halogens is 2. The van der Waals surface area contributed by atoms with Gasteiger partial charge in [-0.15, -0.1) is 0 Å². The van der Waals surface area contributed by atoms with E-state index in [1.54, 1.807) is 46.9 Å². The highest BCUT2D eigenvalue weighted by Crippen LogP contribution is 2.41. The van der Waals surface area contributed by atoms with Crippen LogP contribution in [0.15, 0.2) is 18.2 Å². The minimum absolute atomic E-state index is 0.0464. The maximum atomic E-state index is 13.5. The minimum atomic E-state index is -1.56. The van der Waals surface area contributed by atoms with Crippen molar-refractivity contribution >= 4 is 52.6 Å². The molecular weight excluding hydrogens is 457 g/mol. The molecule has 0 aromatic heterocycles. The molecular formula is C22H27Cl2N3O5. The predicted molar refractivity (Wildman–Crippen MR) is 121 cm³/mol. The molecule has 1 N–H and O–H groups in total. The number of piperidine rings is 2. The first-order valence-electron chi connectivity index (χ1n) is 10.3. The number of likely N-dealkylation sites (tertiary alicyclic amines) is 2. The van der Waals surface area contributed by atoms with Gasteiger partial charge in [0.25, 0.3) is 0 Å². The minimum Gasteiger partial charge on any atom is -0.444 e. The number of anilines is 1. The smallest absolute Gasteiger partial charge is 0.410 e. The van der Waals surface area contributed by atoms with Gasteiger partial charge in [0, 0.05) is 26.2 Å². The fourth-order valence-corrected chi connectivity index (χ4v) is 4.71. The Kier molecular flexibility index (Phi) is 6.50. The Morgan fingerprint density at radius 3 is 2.50 bits per heavy atom. The van der Waals surface area contributed by atoms with Gasteiger partial charge in [0.15, 0.2) is 11.7 Å². The zero-order chi connectivity index (χ0) is 24.0. The van der Waals surface area contributed by atoms with Crippen molar-refractivity contribution in [3.8, 4) is 0 Å². The average Bonchev–Trinajstić information content (AvgIpc) is 2.68. The van der Waals surface area contributed by atoms with Gasteiger partial charge in [-0.05, 0) is 46.2 Å². The Balaban J connectivity index is 1.87. The largest absolute Gasteiger partial charge is 0.444 e. The molecule has 1 unspecified atom stereocenters. The van der Waals surface area contributed by atoms with Gasteiger partial charge in [-0.2, -0.15) is 0 Å². The molecule has 1 aromatic rings. The van der Waals surface area contributed by atoms with Crippen molar-refractivity contribution < 1.29 is 23.9 Å². The molecule has 3 rings (SSSR count). The zero-order valence-corrected chi connectivity index (χ0v) is 20.2. The Morgan fingerprint density at radius 2 is 1.88 bits per heavy atom. The number of hydrogen-bond acceptors (Lipinski definition) is 5. The molecule has 3 atom stereocenters. The summed E-state index contributed by atoms with van der Waals surface area (Å²) >= 11 is 12.1. The molecule has 10 heteroatoms. The van der Waals surface area contributed by atoms with E-state index < -0.39 is 46.7 Å². The van der Waals surface area contributed by atoms with E-state index in [2.05, 4.69) is 5.32 Å². The molecule has 174 valence electrons. The number of nitrogens with zero attached hydrogens (tertiary/aromatic N) is 2. The molecule has 2 saturated heterocycles. The van der Waals surface area contributed by atoms with Crippen LogP contribution >= 0.6 is 23.2 Å². The molecule has 0 aliphatic carbocycles. The van der Waals surface area contributed by atoms with E-state index in [9.17, 15) is 19.2 Å². The summed E-state index contributed by atoms with van der Waals surface area (Å²) in [5.41, 5.74) is -1.60. The average molecular weight is 484 g/mol. The molecule has 32 heavy (non-hydrogen) atoms. The van der Waals surface area contributed by atoms with E-state index in [4.69, 9.17) is 27.9 Å². The van der Waals surface area contributed by atoms with Gasteiger partial charge in [-0.25, -0.2) is 4.79 Å². The van der Waals surface area contributed by atoms with Crippen LogP contribution in [0.5, 0.6) is 0 Å². The van der Waals surface area contributed by atoms with E-state index in [0.717, 1.165) is 0 Å². The van der Waals surface area contributed by atoms with Crippen LogP contribution in [-0.2, 0) is 19.1 Å². The van der Waals surface area contributed by atoms with Crippen LogP contribution in [-0.4, -0.2) is 65.3 Å². The van der Waals surface area contributed by atoms with Crippen molar-refractivity contribution in [2.24, 2.45) is 11.3 Å². The normalized spacial score (nSPS) is 26.0. The van der Waals surface area contributed by atoms with Crippen LogP contribution in [0.1, 0.15) is 34.1 Å². The van der Waals surface area contributed by atoms with Crippen molar-refractivity contribution in [3.05, 3.63) is 28.2 Å². The van der Waals surface area contributed by atoms with Crippen molar-refractivity contribution in [2.45, 2.75) is 45.8 Å². The Labute approximate surface area is 197 Å². The number of carbonyl (C=O) groups is 4. The molecule has 2 aliphatic rings. The van der Waals surface area contributed by atoms with E-state index in [-0.39, 0.29) is 22.3 Å². The van der Waals surface area contributed by atoms with Crippen molar-refractivity contribution in [2.75, 3.05) is 25.5 Å². The van der Waals surface area contributed by atoms with E-state index in [0.29, 0.717) is 13.0 Å². The molecule has 2 aliphatic heterocycles. The topological polar surface area (TPSA) is 96.0 Å². The first-order chi connectivity index (χ1) is 14.8. The maximum Gasteiger partial charge on any atom is 0.410 e. The van der Waals surface area contributed by atoms with Gasteiger partial charge in [-0.3, -0.25) is 14.4 Å². The summed E-state index contributed by atoms with van der Waals surface area (Å²) in [6, 6.07) is 4.25. The highest BCUT2D eigenvalue weighted by molar-refractivity contribution is 6.44. The van der Waals surface area contributed by atoms with Gasteiger partial charge in [0.05, 0.1) is 21.1 Å². The summed E-state index contributed by atoms with van der Waals surface area (Å²) in [7, 11) is 1.58. The summed E-state index contributed by atoms with van der Waals surface area (Å²) in [6.45, 7) is 7.36. The second-order valence-corrected chi connectivity index (χ2v) is 10.2. The zero-order valence-electron chi connectivity index (χ0n) is 18.7. The number of nitrogens with one attached hydrogen (secondary N) is 1. The summed E-state index contributed by atoms with van der Waals surface area (Å²) in [5, 5.41) is 2.90. The Morgan fingerprint density at radius 1 is 1.22 bits per heavy atom. The fourth-order valence-electron chi connectivity index (χ4n) is 4.36. The first kappa shape index (κ1) is 24.3. The lowest BCUT2D eigenvalue weighted by Gasteiger charge is -2.52. The number of benzene rings is 1. The summed E-state index contributed by atoms with van der Waals surface area (Å²) in [6.07, 6.45) is -0.130. The number of amides is 3. The van der Waals surface area contributed by atoms with E-state index in [1.165, 1.54) is 15.9 Å². The van der Waals surface area contributed by atoms with Crippen molar-refractivity contribution in [1.29, 1.82) is 0 Å². The van der Waals surface area contributed by atoms with Gasteiger partial charge < -0.3 is 19.9 Å². The van der Waals surface area contributed by atoms with Gasteiger partial charge in [0.2, 0.25) is 11.8 Å². The number of Topliss-reactive ketones (excluding diaryl/α,β-unsaturated/α-hetero) is 1. The molecule has 0 spiro atoms. The molecule has 0 bridgehead atoms. The summed E-state index contributed by atoms with van der Waals surface area (Å²) in [4.78, 5) is 55.1. The van der Waals surface area contributed by atoms with Crippen LogP contribution in [0.4, 0.5) is 10.5 Å². The third-order valence-corrected chi connectivity index (χ3v) is 6.76. The maximum absolute atomic E-state index is 13.5. The van der Waals surface area contributed by atoms with Gasteiger partial charge in [0.1, 0.15) is 5.60 Å². The number of carbonyl (C=O) groups excluding carboxylic acids is 4. The van der Waals surface area contributed by atoms with Crippen LogP contribution < -0.4 is 5.32 Å². The lowest BCUT2D eigenvalue weighted by molar-refractivity contribution is -0.164. The number of ether oxygens (including phenoxy) is 1. The lowest BCUT2D eigenvalue weighted by Crippen LogP contribution is -2.69. The van der Waals surface area contributed by atoms with Crippen LogP contribution in [0.25, 0.3) is 0 Å². The molecule has 8 nitrogen and oxygen atoms in total. The first-order valence-corrected chi connectivity index (χ1v) is 11.1. The number of ketones is 1. The summed E-state index contributed by atoms with van der Waals surface area (Å²) < 4.78 is 5.45. The highest BCUT2D eigenvalue weighted by atomic mass is 35.5. The van der Waals surface area contributed by atoms with E-state index in [1.807, 2.05) is 0 Å². The number of fused-ring (bicyclic) bond motifs is 1. The third kappa shape index (κ3) is 4.43. The van der Waals surface area contributed by atoms with Crippen LogP contribution in [0, 0.1) is 11.3 Å². The molecule has 0 saturated carbocycles. The fraction of sp³-hybridized carbons (Fsp3) is 0.545.